The van der Waals surface area contributed by atoms with Gasteiger partial charge in [-0.1, -0.05) is 18.5 Å². The third kappa shape index (κ3) is 2.69. The number of hydrogen-bond donors (Lipinski definition) is 0. The summed E-state index contributed by atoms with van der Waals surface area (Å²) in [6, 6.07) is 0. The van der Waals surface area contributed by atoms with Crippen molar-refractivity contribution in [1.82, 2.24) is 9.88 Å². The van der Waals surface area contributed by atoms with Crippen molar-refractivity contribution in [3.8, 4) is 0 Å². The number of rotatable bonds is 2. The maximum Gasteiger partial charge on any atom is 0.183 e. The molecule has 0 amide bonds. The van der Waals surface area contributed by atoms with E-state index in [9.17, 15) is 0 Å². The second kappa shape index (κ2) is 4.60. The molecule has 78 valence electrons. The molecule has 1 aliphatic rings. The van der Waals surface area contributed by atoms with Crippen LogP contribution >= 0.6 is 22.9 Å². The first-order valence-corrected chi connectivity index (χ1v) is 6.26. The van der Waals surface area contributed by atoms with Crippen molar-refractivity contribution < 1.29 is 0 Å². The molecule has 4 heteroatoms. The summed E-state index contributed by atoms with van der Waals surface area (Å²) in [5.74, 6) is 0.840. The summed E-state index contributed by atoms with van der Waals surface area (Å²) in [6.45, 7) is 5.79. The topological polar surface area (TPSA) is 16.1 Å². The normalized spacial score (nSPS) is 24.0. The van der Waals surface area contributed by atoms with Gasteiger partial charge in [0.15, 0.2) is 4.47 Å². The number of piperidine rings is 1. The number of halogens is 1. The third-order valence-electron chi connectivity index (χ3n) is 2.65. The van der Waals surface area contributed by atoms with E-state index >= 15 is 0 Å². The molecule has 1 aliphatic heterocycles. The van der Waals surface area contributed by atoms with Crippen LogP contribution in [0.5, 0.6) is 0 Å². The lowest BCUT2D eigenvalue weighted by atomic mass is 10.0. The van der Waals surface area contributed by atoms with Gasteiger partial charge in [-0.15, -0.1) is 11.3 Å². The van der Waals surface area contributed by atoms with Crippen LogP contribution < -0.4 is 0 Å². The molecule has 0 N–H and O–H groups in total. The van der Waals surface area contributed by atoms with Gasteiger partial charge in [-0.25, -0.2) is 4.98 Å². The van der Waals surface area contributed by atoms with E-state index in [1.54, 1.807) is 11.3 Å². The minimum atomic E-state index is 0.657. The summed E-state index contributed by atoms with van der Waals surface area (Å²) in [4.78, 5) is 7.84. The average Bonchev–Trinajstić information content (AvgIpc) is 2.51. The minimum absolute atomic E-state index is 0.657. The van der Waals surface area contributed by atoms with Gasteiger partial charge < -0.3 is 0 Å². The highest BCUT2D eigenvalue weighted by molar-refractivity contribution is 7.15. The van der Waals surface area contributed by atoms with Crippen LogP contribution in [0.1, 0.15) is 24.6 Å². The van der Waals surface area contributed by atoms with E-state index < -0.39 is 0 Å². The smallest absolute Gasteiger partial charge is 0.183 e. The summed E-state index contributed by atoms with van der Waals surface area (Å²) >= 11 is 7.39. The average molecular weight is 231 g/mol. The van der Waals surface area contributed by atoms with E-state index in [0.29, 0.717) is 4.47 Å². The van der Waals surface area contributed by atoms with E-state index in [1.165, 1.54) is 30.8 Å². The molecular formula is C10H15ClN2S. The first-order chi connectivity index (χ1) is 6.74. The van der Waals surface area contributed by atoms with Crippen molar-refractivity contribution in [3.63, 3.8) is 0 Å². The first kappa shape index (κ1) is 10.4. The van der Waals surface area contributed by atoms with Crippen LogP contribution in [-0.2, 0) is 6.54 Å². The standard InChI is InChI=1S/C10H15ClN2S/c1-8-3-2-4-13(6-8)7-9-5-12-10(11)14-9/h5,8H,2-4,6-7H2,1H3/t8-/m1/s1. The Balaban J connectivity index is 1.90. The van der Waals surface area contributed by atoms with E-state index in [2.05, 4.69) is 16.8 Å². The molecular weight excluding hydrogens is 216 g/mol. The molecule has 1 atom stereocenters. The number of hydrogen-bond acceptors (Lipinski definition) is 3. The molecule has 14 heavy (non-hydrogen) atoms. The quantitative estimate of drug-likeness (QED) is 0.777. The largest absolute Gasteiger partial charge is 0.298 e. The Hall–Kier alpha value is -0.120. The van der Waals surface area contributed by atoms with Crippen molar-refractivity contribution in [2.45, 2.75) is 26.3 Å². The number of likely N-dealkylation sites (tertiary alicyclic amines) is 1. The highest BCUT2D eigenvalue weighted by Gasteiger charge is 2.16. The summed E-state index contributed by atoms with van der Waals surface area (Å²) in [5, 5.41) is 0. The molecule has 1 aromatic heterocycles. The molecule has 0 spiro atoms. The van der Waals surface area contributed by atoms with Crippen molar-refractivity contribution in [2.75, 3.05) is 13.1 Å². The Bertz CT molecular complexity index is 300. The molecule has 0 aliphatic carbocycles. The highest BCUT2D eigenvalue weighted by atomic mass is 35.5. The minimum Gasteiger partial charge on any atom is -0.298 e. The van der Waals surface area contributed by atoms with Crippen molar-refractivity contribution in [3.05, 3.63) is 15.5 Å². The number of thiazole rings is 1. The van der Waals surface area contributed by atoms with Crippen LogP contribution in [0.2, 0.25) is 4.47 Å². The van der Waals surface area contributed by atoms with E-state index in [1.807, 2.05) is 6.20 Å². The van der Waals surface area contributed by atoms with E-state index in [-0.39, 0.29) is 0 Å². The summed E-state index contributed by atoms with van der Waals surface area (Å²) in [6.07, 6.45) is 4.60. The molecule has 0 bridgehead atoms. The third-order valence-corrected chi connectivity index (χ3v) is 3.75. The predicted octanol–water partition coefficient (Wildman–Crippen LogP) is 3.03. The Labute approximate surface area is 93.9 Å². The zero-order valence-electron chi connectivity index (χ0n) is 8.37. The van der Waals surface area contributed by atoms with Gasteiger partial charge in [0.25, 0.3) is 0 Å². The molecule has 1 saturated heterocycles. The zero-order chi connectivity index (χ0) is 9.97. The van der Waals surface area contributed by atoms with Crippen molar-refractivity contribution in [2.24, 2.45) is 5.92 Å². The highest BCUT2D eigenvalue weighted by Crippen LogP contribution is 2.22. The van der Waals surface area contributed by atoms with E-state index in [4.69, 9.17) is 11.6 Å². The van der Waals surface area contributed by atoms with Gasteiger partial charge in [-0.05, 0) is 25.3 Å². The fourth-order valence-corrected chi connectivity index (χ4v) is 3.03. The van der Waals surface area contributed by atoms with Crippen LogP contribution in [-0.4, -0.2) is 23.0 Å². The fraction of sp³-hybridized carbons (Fsp3) is 0.700. The van der Waals surface area contributed by atoms with Crippen LogP contribution in [0.3, 0.4) is 0 Å². The van der Waals surface area contributed by atoms with Gasteiger partial charge in [0.2, 0.25) is 0 Å². The Morgan fingerprint density at radius 2 is 2.57 bits per heavy atom. The molecule has 0 saturated carbocycles. The monoisotopic (exact) mass is 230 g/mol. The van der Waals surface area contributed by atoms with Gasteiger partial charge in [0.1, 0.15) is 0 Å². The lowest BCUT2D eigenvalue weighted by Gasteiger charge is -2.30. The maximum absolute atomic E-state index is 5.80. The fourth-order valence-electron chi connectivity index (χ4n) is 2.01. The summed E-state index contributed by atoms with van der Waals surface area (Å²) in [5.41, 5.74) is 0. The molecule has 0 aromatic carbocycles. The number of aromatic nitrogens is 1. The van der Waals surface area contributed by atoms with Gasteiger partial charge in [0.05, 0.1) is 0 Å². The van der Waals surface area contributed by atoms with Crippen LogP contribution in [0.4, 0.5) is 0 Å². The van der Waals surface area contributed by atoms with E-state index in [0.717, 1.165) is 12.5 Å². The van der Waals surface area contributed by atoms with Gasteiger partial charge in [0, 0.05) is 24.2 Å². The lowest BCUT2D eigenvalue weighted by molar-refractivity contribution is 0.178. The molecule has 1 aromatic rings. The molecule has 2 nitrogen and oxygen atoms in total. The lowest BCUT2D eigenvalue weighted by Crippen LogP contribution is -2.33. The van der Waals surface area contributed by atoms with Crippen molar-refractivity contribution in [1.29, 1.82) is 0 Å². The van der Waals surface area contributed by atoms with Crippen LogP contribution in [0.15, 0.2) is 6.20 Å². The Kier molecular flexibility index (Phi) is 3.42. The van der Waals surface area contributed by atoms with Gasteiger partial charge >= 0.3 is 0 Å². The molecule has 0 unspecified atom stereocenters. The molecule has 2 rings (SSSR count). The van der Waals surface area contributed by atoms with Crippen molar-refractivity contribution >= 4 is 22.9 Å². The first-order valence-electron chi connectivity index (χ1n) is 5.06. The van der Waals surface area contributed by atoms with Gasteiger partial charge in [-0.3, -0.25) is 4.90 Å². The zero-order valence-corrected chi connectivity index (χ0v) is 9.94. The summed E-state index contributed by atoms with van der Waals surface area (Å²) in [7, 11) is 0. The Morgan fingerprint density at radius 3 is 3.21 bits per heavy atom. The van der Waals surface area contributed by atoms with Gasteiger partial charge in [-0.2, -0.15) is 0 Å². The predicted molar refractivity (Wildman–Crippen MR) is 60.8 cm³/mol. The molecule has 0 radical (unpaired) electrons. The summed E-state index contributed by atoms with van der Waals surface area (Å²) < 4.78 is 0.657. The SMILES string of the molecule is C[C@@H]1CCCN(Cc2cnc(Cl)s2)C1. The Morgan fingerprint density at radius 1 is 1.71 bits per heavy atom. The molecule has 2 heterocycles. The maximum atomic E-state index is 5.80. The van der Waals surface area contributed by atoms with Crippen LogP contribution in [0.25, 0.3) is 0 Å². The second-order valence-corrected chi connectivity index (χ2v) is 5.76. The van der Waals surface area contributed by atoms with Crippen LogP contribution in [0, 0.1) is 5.92 Å². The second-order valence-electron chi connectivity index (χ2n) is 4.06. The molecule has 1 fully saturated rings. The number of nitrogens with zero attached hydrogens (tertiary/aromatic N) is 2.